The number of carbonyl (C=O) groups excluding carboxylic acids is 2. The van der Waals surface area contributed by atoms with E-state index in [2.05, 4.69) is 12.2 Å². The molecule has 0 heterocycles. The smallest absolute Gasteiger partial charge is 0.248 e. The van der Waals surface area contributed by atoms with Crippen LogP contribution in [-0.2, 0) is 9.59 Å². The van der Waals surface area contributed by atoms with Crippen LogP contribution in [0.1, 0.15) is 103 Å². The van der Waals surface area contributed by atoms with E-state index < -0.39 is 5.91 Å². The Morgan fingerprint density at radius 1 is 0.731 bits per heavy atom. The van der Waals surface area contributed by atoms with Gasteiger partial charge in [-0.1, -0.05) is 96.5 Å². The number of amides is 2. The maximum Gasteiger partial charge on any atom is 0.248 e. The lowest BCUT2D eigenvalue weighted by Crippen LogP contribution is -2.15. The fourth-order valence-electron chi connectivity index (χ4n) is 2.89. The van der Waals surface area contributed by atoms with Crippen LogP contribution in [0, 0.1) is 0 Å². The summed E-state index contributed by atoms with van der Waals surface area (Å²) in [6, 6.07) is 0. The normalized spacial score (nSPS) is 11.4. The van der Waals surface area contributed by atoms with E-state index in [1.165, 1.54) is 83.5 Å². The molecule has 0 radical (unpaired) electrons. The maximum absolute atomic E-state index is 11.3. The maximum atomic E-state index is 11.3. The monoisotopic (exact) mass is 364 g/mol. The summed E-state index contributed by atoms with van der Waals surface area (Å²) in [7, 11) is 0. The topological polar surface area (TPSA) is 72.2 Å². The minimum absolute atomic E-state index is 0.332. The highest BCUT2D eigenvalue weighted by Crippen LogP contribution is 2.13. The first-order valence-corrected chi connectivity index (χ1v) is 10.6. The third kappa shape index (κ3) is 20.5. The molecule has 26 heavy (non-hydrogen) atoms. The van der Waals surface area contributed by atoms with E-state index in [0.29, 0.717) is 0 Å². The van der Waals surface area contributed by atoms with Gasteiger partial charge in [0.15, 0.2) is 0 Å². The molecule has 0 rings (SSSR count). The Morgan fingerprint density at radius 3 is 1.65 bits per heavy atom. The average Bonchev–Trinajstić information content (AvgIpc) is 2.62. The predicted octanol–water partition coefficient (Wildman–Crippen LogP) is 5.53. The molecular weight excluding hydrogens is 324 g/mol. The number of allylic oxidation sites excluding steroid dienone is 1. The highest BCUT2D eigenvalue weighted by Gasteiger charge is 1.94. The Balaban J connectivity index is 3.23. The number of nitrogens with two attached hydrogens (primary N) is 1. The van der Waals surface area contributed by atoms with E-state index in [0.717, 1.165) is 25.0 Å². The Labute approximate surface area is 160 Å². The summed E-state index contributed by atoms with van der Waals surface area (Å²) in [6.07, 6.45) is 25.8. The second-order valence-corrected chi connectivity index (χ2v) is 7.03. The summed E-state index contributed by atoms with van der Waals surface area (Å²) >= 11 is 0. The molecular formula is C22H40N2O2. The second-order valence-electron chi connectivity index (χ2n) is 7.03. The molecule has 3 N–H and O–H groups in total. The zero-order valence-electron chi connectivity index (χ0n) is 16.8. The van der Waals surface area contributed by atoms with E-state index in [9.17, 15) is 9.59 Å². The van der Waals surface area contributed by atoms with E-state index in [1.807, 2.05) is 6.08 Å². The minimum atomic E-state index is -0.619. The first kappa shape index (κ1) is 24.4. The first-order valence-electron chi connectivity index (χ1n) is 10.6. The van der Waals surface area contributed by atoms with Crippen LogP contribution in [0.5, 0.6) is 0 Å². The standard InChI is InChI=1S/C22H40N2O2/c1-2-3-4-5-6-7-8-9-10-11-12-13-14-15-16-17-20-24-22(26)19-18-21(23)25/h17-20H,2-16H2,1H3,(H2,23,25)(H,24,26). The van der Waals surface area contributed by atoms with Crippen LogP contribution in [0.15, 0.2) is 24.4 Å². The van der Waals surface area contributed by atoms with Gasteiger partial charge in [-0.05, 0) is 12.8 Å². The van der Waals surface area contributed by atoms with Crippen LogP contribution in [0.25, 0.3) is 0 Å². The number of unbranched alkanes of at least 4 members (excludes halogenated alkanes) is 14. The van der Waals surface area contributed by atoms with Crippen molar-refractivity contribution in [2.45, 2.75) is 103 Å². The number of nitrogens with one attached hydrogen (secondary N) is 1. The molecule has 0 bridgehead atoms. The quantitative estimate of drug-likeness (QED) is 0.248. The largest absolute Gasteiger partial charge is 0.366 e. The molecule has 0 saturated carbocycles. The summed E-state index contributed by atoms with van der Waals surface area (Å²) in [5, 5.41) is 2.57. The SMILES string of the molecule is CCCCCCCCCCCCCCCCC=CNC(=O)C=CC(N)=O. The third-order valence-electron chi connectivity index (χ3n) is 4.47. The van der Waals surface area contributed by atoms with E-state index in [1.54, 1.807) is 6.20 Å². The lowest BCUT2D eigenvalue weighted by Gasteiger charge is -2.02. The van der Waals surface area contributed by atoms with Crippen molar-refractivity contribution in [2.75, 3.05) is 0 Å². The van der Waals surface area contributed by atoms with Crippen LogP contribution < -0.4 is 11.1 Å². The molecule has 0 spiro atoms. The van der Waals surface area contributed by atoms with E-state index >= 15 is 0 Å². The third-order valence-corrected chi connectivity index (χ3v) is 4.47. The zero-order valence-corrected chi connectivity index (χ0v) is 16.8. The fraction of sp³-hybridized carbons (Fsp3) is 0.727. The van der Waals surface area contributed by atoms with Crippen molar-refractivity contribution in [1.29, 1.82) is 0 Å². The molecule has 0 aromatic carbocycles. The Bertz CT molecular complexity index is 403. The van der Waals surface area contributed by atoms with Crippen LogP contribution in [0.2, 0.25) is 0 Å². The van der Waals surface area contributed by atoms with Gasteiger partial charge < -0.3 is 11.1 Å². The van der Waals surface area contributed by atoms with Gasteiger partial charge in [0.1, 0.15) is 0 Å². The van der Waals surface area contributed by atoms with Crippen molar-refractivity contribution < 1.29 is 9.59 Å². The molecule has 0 atom stereocenters. The summed E-state index contributed by atoms with van der Waals surface area (Å²) < 4.78 is 0. The molecule has 0 saturated heterocycles. The van der Waals surface area contributed by atoms with Gasteiger partial charge in [0, 0.05) is 18.4 Å². The molecule has 0 aliphatic heterocycles. The number of hydrogen-bond acceptors (Lipinski definition) is 2. The molecule has 150 valence electrons. The van der Waals surface area contributed by atoms with Gasteiger partial charge >= 0.3 is 0 Å². The fourth-order valence-corrected chi connectivity index (χ4v) is 2.89. The predicted molar refractivity (Wildman–Crippen MR) is 111 cm³/mol. The summed E-state index contributed by atoms with van der Waals surface area (Å²) in [5.41, 5.74) is 4.91. The van der Waals surface area contributed by atoms with Crippen molar-refractivity contribution in [3.63, 3.8) is 0 Å². The lowest BCUT2D eigenvalue weighted by atomic mass is 10.0. The van der Waals surface area contributed by atoms with Crippen LogP contribution in [0.3, 0.4) is 0 Å². The van der Waals surface area contributed by atoms with Gasteiger partial charge in [-0.3, -0.25) is 9.59 Å². The number of primary amides is 1. The molecule has 2 amide bonds. The Kier molecular flexibility index (Phi) is 18.5. The van der Waals surface area contributed by atoms with Crippen molar-refractivity contribution in [1.82, 2.24) is 5.32 Å². The van der Waals surface area contributed by atoms with Gasteiger partial charge in [-0.25, -0.2) is 0 Å². The molecule has 0 aliphatic carbocycles. The Morgan fingerprint density at radius 2 is 1.19 bits per heavy atom. The van der Waals surface area contributed by atoms with Crippen molar-refractivity contribution >= 4 is 11.8 Å². The summed E-state index contributed by atoms with van der Waals surface area (Å²) in [5.74, 6) is -0.951. The first-order chi connectivity index (χ1) is 12.7. The molecule has 0 unspecified atom stereocenters. The van der Waals surface area contributed by atoms with E-state index in [4.69, 9.17) is 5.73 Å². The second kappa shape index (κ2) is 19.7. The van der Waals surface area contributed by atoms with Gasteiger partial charge in [-0.2, -0.15) is 0 Å². The zero-order chi connectivity index (χ0) is 19.3. The molecule has 0 aliphatic rings. The Hall–Kier alpha value is -1.58. The van der Waals surface area contributed by atoms with Gasteiger partial charge in [-0.15, -0.1) is 0 Å². The van der Waals surface area contributed by atoms with Gasteiger partial charge in [0.25, 0.3) is 0 Å². The van der Waals surface area contributed by atoms with Gasteiger partial charge in [0.05, 0.1) is 0 Å². The number of hydrogen-bond donors (Lipinski definition) is 2. The van der Waals surface area contributed by atoms with E-state index in [-0.39, 0.29) is 5.91 Å². The number of carbonyl (C=O) groups is 2. The van der Waals surface area contributed by atoms with Crippen LogP contribution in [-0.4, -0.2) is 11.8 Å². The van der Waals surface area contributed by atoms with Gasteiger partial charge in [0.2, 0.25) is 11.8 Å². The lowest BCUT2D eigenvalue weighted by molar-refractivity contribution is -0.117. The molecule has 4 heteroatoms. The average molecular weight is 365 g/mol. The molecule has 0 aromatic rings. The van der Waals surface area contributed by atoms with Crippen molar-refractivity contribution in [3.8, 4) is 0 Å². The van der Waals surface area contributed by atoms with Crippen molar-refractivity contribution in [2.24, 2.45) is 5.73 Å². The number of rotatable bonds is 18. The highest BCUT2D eigenvalue weighted by atomic mass is 16.2. The van der Waals surface area contributed by atoms with Crippen LogP contribution >= 0.6 is 0 Å². The molecule has 0 aromatic heterocycles. The van der Waals surface area contributed by atoms with Crippen molar-refractivity contribution in [3.05, 3.63) is 24.4 Å². The minimum Gasteiger partial charge on any atom is -0.366 e. The molecule has 0 fully saturated rings. The summed E-state index contributed by atoms with van der Waals surface area (Å²) in [6.45, 7) is 2.27. The summed E-state index contributed by atoms with van der Waals surface area (Å²) in [4.78, 5) is 21.7. The molecule has 4 nitrogen and oxygen atoms in total. The highest BCUT2D eigenvalue weighted by molar-refractivity contribution is 5.96. The van der Waals surface area contributed by atoms with Crippen LogP contribution in [0.4, 0.5) is 0 Å².